The van der Waals surface area contributed by atoms with E-state index in [0.717, 1.165) is 5.56 Å². The first-order chi connectivity index (χ1) is 10.6. The highest BCUT2D eigenvalue weighted by Crippen LogP contribution is 2.32. The van der Waals surface area contributed by atoms with Crippen molar-refractivity contribution in [2.45, 2.75) is 12.5 Å². The molecule has 114 valence electrons. The van der Waals surface area contributed by atoms with E-state index in [1.54, 1.807) is 23.6 Å². The number of benzene rings is 1. The minimum absolute atomic E-state index is 0.268. The summed E-state index contributed by atoms with van der Waals surface area (Å²) in [5.41, 5.74) is 1.68. The summed E-state index contributed by atoms with van der Waals surface area (Å²) in [6, 6.07) is 8.09. The number of rotatable bonds is 3. The molecule has 0 radical (unpaired) electrons. The summed E-state index contributed by atoms with van der Waals surface area (Å²) in [5, 5.41) is 11.3. The molecular formula is C16H15NO4S. The number of amides is 1. The van der Waals surface area contributed by atoms with Crippen molar-refractivity contribution in [3.05, 3.63) is 51.7 Å². The molecule has 1 amide bonds. The third-order valence-electron chi connectivity index (χ3n) is 3.80. The van der Waals surface area contributed by atoms with Crippen molar-refractivity contribution < 1.29 is 19.4 Å². The molecule has 1 aromatic heterocycles. The Morgan fingerprint density at radius 1 is 1.36 bits per heavy atom. The van der Waals surface area contributed by atoms with E-state index in [0.29, 0.717) is 29.2 Å². The van der Waals surface area contributed by atoms with Gasteiger partial charge in [0.15, 0.2) is 6.04 Å². The largest absolute Gasteiger partial charge is 0.496 e. The number of ether oxygens (including phenoxy) is 1. The van der Waals surface area contributed by atoms with E-state index in [2.05, 4.69) is 0 Å². The van der Waals surface area contributed by atoms with Gasteiger partial charge in [0.2, 0.25) is 0 Å². The van der Waals surface area contributed by atoms with Gasteiger partial charge in [0.05, 0.1) is 12.0 Å². The van der Waals surface area contributed by atoms with Gasteiger partial charge < -0.3 is 14.7 Å². The van der Waals surface area contributed by atoms with E-state index in [1.165, 1.54) is 23.3 Å². The molecule has 1 N–H and O–H groups in total. The average Bonchev–Trinajstić information content (AvgIpc) is 3.02. The molecule has 1 aliphatic heterocycles. The van der Waals surface area contributed by atoms with Crippen molar-refractivity contribution in [1.82, 2.24) is 4.90 Å². The van der Waals surface area contributed by atoms with Crippen LogP contribution in [-0.4, -0.2) is 35.5 Å². The van der Waals surface area contributed by atoms with Crippen LogP contribution in [0.15, 0.2) is 35.7 Å². The monoisotopic (exact) mass is 317 g/mol. The van der Waals surface area contributed by atoms with Crippen LogP contribution >= 0.6 is 11.3 Å². The predicted octanol–water partition coefficient (Wildman–Crippen LogP) is 2.58. The summed E-state index contributed by atoms with van der Waals surface area (Å²) in [7, 11) is 1.54. The number of hydrogen-bond acceptors (Lipinski definition) is 4. The Bertz CT molecular complexity index is 724. The van der Waals surface area contributed by atoms with Gasteiger partial charge in [0.25, 0.3) is 5.91 Å². The third kappa shape index (κ3) is 2.46. The number of fused-ring (bicyclic) bond motifs is 1. The molecule has 2 heterocycles. The smallest absolute Gasteiger partial charge is 0.331 e. The summed E-state index contributed by atoms with van der Waals surface area (Å²) in [6.07, 6.45) is 0.661. The lowest BCUT2D eigenvalue weighted by atomic mass is 9.92. The Morgan fingerprint density at radius 3 is 2.82 bits per heavy atom. The molecule has 1 aliphatic rings. The summed E-state index contributed by atoms with van der Waals surface area (Å²) >= 11 is 1.26. The lowest BCUT2D eigenvalue weighted by Gasteiger charge is -2.34. The van der Waals surface area contributed by atoms with Crippen LogP contribution < -0.4 is 4.74 Å². The predicted molar refractivity (Wildman–Crippen MR) is 82.4 cm³/mol. The summed E-state index contributed by atoms with van der Waals surface area (Å²) in [6.45, 7) is 0.396. The van der Waals surface area contributed by atoms with Crippen molar-refractivity contribution in [1.29, 1.82) is 0 Å². The molecule has 1 aromatic carbocycles. The first-order valence-corrected chi connectivity index (χ1v) is 7.74. The molecule has 0 saturated heterocycles. The quantitative estimate of drug-likeness (QED) is 0.945. The average molecular weight is 317 g/mol. The van der Waals surface area contributed by atoms with Gasteiger partial charge in [-0.2, -0.15) is 0 Å². The molecule has 0 saturated carbocycles. The molecule has 5 nitrogen and oxygen atoms in total. The lowest BCUT2D eigenvalue weighted by molar-refractivity contribution is -0.143. The van der Waals surface area contributed by atoms with Gasteiger partial charge in [-0.15, -0.1) is 11.3 Å². The Balaban J connectivity index is 1.96. The second-order valence-corrected chi connectivity index (χ2v) is 5.95. The van der Waals surface area contributed by atoms with Crippen molar-refractivity contribution in [2.75, 3.05) is 13.7 Å². The fourth-order valence-corrected chi connectivity index (χ4v) is 3.54. The highest BCUT2D eigenvalue weighted by molar-refractivity contribution is 7.12. The van der Waals surface area contributed by atoms with Gasteiger partial charge >= 0.3 is 5.97 Å². The molecule has 1 atom stereocenters. The molecule has 3 rings (SSSR count). The highest BCUT2D eigenvalue weighted by atomic mass is 32.1. The normalized spacial score (nSPS) is 17.0. The van der Waals surface area contributed by atoms with Crippen LogP contribution in [0.2, 0.25) is 0 Å². The van der Waals surface area contributed by atoms with Crippen LogP contribution in [0.3, 0.4) is 0 Å². The lowest BCUT2D eigenvalue weighted by Crippen LogP contribution is -2.43. The van der Waals surface area contributed by atoms with Crippen molar-refractivity contribution in [3.8, 4) is 5.75 Å². The van der Waals surface area contributed by atoms with E-state index < -0.39 is 12.0 Å². The van der Waals surface area contributed by atoms with Crippen LogP contribution in [0.25, 0.3) is 0 Å². The molecule has 6 heteroatoms. The molecule has 0 bridgehead atoms. The van der Waals surface area contributed by atoms with Crippen LogP contribution in [-0.2, 0) is 11.2 Å². The SMILES string of the molecule is COc1csc(C(=O)N2CCc3ccccc3[C@H]2C(=O)O)c1. The second kappa shape index (κ2) is 5.81. The van der Waals surface area contributed by atoms with Gasteiger partial charge in [-0.25, -0.2) is 4.79 Å². The van der Waals surface area contributed by atoms with E-state index in [1.807, 2.05) is 12.1 Å². The van der Waals surface area contributed by atoms with Crippen LogP contribution in [0.5, 0.6) is 5.75 Å². The number of nitrogens with zero attached hydrogens (tertiary/aromatic N) is 1. The maximum atomic E-state index is 12.7. The Kier molecular flexibility index (Phi) is 3.85. The Hall–Kier alpha value is -2.34. The van der Waals surface area contributed by atoms with E-state index in [4.69, 9.17) is 4.74 Å². The standard InChI is InChI=1S/C16H15NO4S/c1-21-11-8-13(22-9-11)15(18)17-7-6-10-4-2-3-5-12(10)14(17)16(19)20/h2-5,8-9,14H,6-7H2,1H3,(H,19,20)/t14-/m0/s1. The Morgan fingerprint density at radius 2 is 2.14 bits per heavy atom. The number of carboxylic acids is 1. The molecule has 0 spiro atoms. The number of thiophene rings is 1. The maximum absolute atomic E-state index is 12.7. The van der Waals surface area contributed by atoms with Crippen LogP contribution in [0.1, 0.15) is 26.8 Å². The van der Waals surface area contributed by atoms with E-state index >= 15 is 0 Å². The number of carbonyl (C=O) groups excluding carboxylic acids is 1. The van der Waals surface area contributed by atoms with Gasteiger partial charge in [0, 0.05) is 18.0 Å². The Labute approximate surface area is 131 Å². The first kappa shape index (κ1) is 14.6. The number of carboxylic acid groups (broad SMARTS) is 1. The topological polar surface area (TPSA) is 66.8 Å². The minimum Gasteiger partial charge on any atom is -0.496 e. The minimum atomic E-state index is -1.01. The summed E-state index contributed by atoms with van der Waals surface area (Å²) in [5.74, 6) is -0.670. The number of hydrogen-bond donors (Lipinski definition) is 1. The fourth-order valence-electron chi connectivity index (χ4n) is 2.73. The molecule has 2 aromatic rings. The zero-order valence-corrected chi connectivity index (χ0v) is 12.8. The van der Waals surface area contributed by atoms with Crippen molar-refractivity contribution in [2.24, 2.45) is 0 Å². The number of methoxy groups -OCH3 is 1. The third-order valence-corrected chi connectivity index (χ3v) is 4.70. The molecular weight excluding hydrogens is 302 g/mol. The van der Waals surface area contributed by atoms with Gasteiger partial charge in [-0.3, -0.25) is 4.79 Å². The maximum Gasteiger partial charge on any atom is 0.331 e. The highest BCUT2D eigenvalue weighted by Gasteiger charge is 2.36. The summed E-state index contributed by atoms with van der Waals surface area (Å²) in [4.78, 5) is 26.3. The van der Waals surface area contributed by atoms with Crippen molar-refractivity contribution >= 4 is 23.2 Å². The first-order valence-electron chi connectivity index (χ1n) is 6.86. The summed E-state index contributed by atoms with van der Waals surface area (Å²) < 4.78 is 5.09. The molecule has 0 aliphatic carbocycles. The zero-order chi connectivity index (χ0) is 15.7. The second-order valence-electron chi connectivity index (χ2n) is 5.04. The number of carbonyl (C=O) groups is 2. The molecule has 0 fully saturated rings. The van der Waals surface area contributed by atoms with Gasteiger partial charge in [0.1, 0.15) is 5.75 Å². The zero-order valence-electron chi connectivity index (χ0n) is 12.0. The molecule has 0 unspecified atom stereocenters. The van der Waals surface area contributed by atoms with Crippen LogP contribution in [0, 0.1) is 0 Å². The van der Waals surface area contributed by atoms with Gasteiger partial charge in [-0.05, 0) is 17.5 Å². The van der Waals surface area contributed by atoms with E-state index in [9.17, 15) is 14.7 Å². The van der Waals surface area contributed by atoms with Gasteiger partial charge in [-0.1, -0.05) is 24.3 Å². The van der Waals surface area contributed by atoms with Crippen LogP contribution in [0.4, 0.5) is 0 Å². The molecule has 22 heavy (non-hydrogen) atoms. The van der Waals surface area contributed by atoms with Crippen molar-refractivity contribution in [3.63, 3.8) is 0 Å². The number of aliphatic carboxylic acids is 1. The van der Waals surface area contributed by atoms with E-state index in [-0.39, 0.29) is 5.91 Å². The fraction of sp³-hybridized carbons (Fsp3) is 0.250.